The molecule has 2 aromatic rings. The van der Waals surface area contributed by atoms with E-state index >= 15 is 0 Å². The summed E-state index contributed by atoms with van der Waals surface area (Å²) in [5.41, 5.74) is 2.28. The van der Waals surface area contributed by atoms with Crippen molar-refractivity contribution < 1.29 is 28.6 Å². The number of nitrogens with zero attached hydrogens (tertiary/aromatic N) is 2. The minimum atomic E-state index is -0.598. The Bertz CT molecular complexity index is 974. The normalized spacial score (nSPS) is 13.3. The Morgan fingerprint density at radius 2 is 1.75 bits per heavy atom. The molecule has 0 aliphatic carbocycles. The maximum atomic E-state index is 13.0. The van der Waals surface area contributed by atoms with Crippen molar-refractivity contribution in [2.24, 2.45) is 0 Å². The van der Waals surface area contributed by atoms with Crippen molar-refractivity contribution in [3.63, 3.8) is 0 Å². The van der Waals surface area contributed by atoms with Crippen LogP contribution in [0, 0.1) is 0 Å². The molecule has 0 saturated heterocycles. The molecule has 0 N–H and O–H groups in total. The zero-order valence-electron chi connectivity index (χ0n) is 19.1. The molecule has 1 aliphatic heterocycles. The number of ether oxygens (including phenoxy) is 3. The maximum absolute atomic E-state index is 13.0. The number of aromatic nitrogens is 1. The van der Waals surface area contributed by atoms with E-state index < -0.39 is 23.8 Å². The largest absolute Gasteiger partial charge is 0.466 e. The number of fused-ring (bicyclic) bond motifs is 1. The number of carbonyl (C=O) groups is 3. The Balaban J connectivity index is 1.83. The fraction of sp³-hybridized carbons (Fsp3) is 0.458. The van der Waals surface area contributed by atoms with Crippen LogP contribution in [-0.4, -0.2) is 46.4 Å². The lowest BCUT2D eigenvalue weighted by molar-refractivity contribution is -0.142. The van der Waals surface area contributed by atoms with Crippen molar-refractivity contribution in [1.29, 1.82) is 0 Å². The van der Waals surface area contributed by atoms with Crippen LogP contribution in [0.3, 0.4) is 0 Å². The fourth-order valence-corrected chi connectivity index (χ4v) is 3.58. The molecule has 0 fully saturated rings. The third kappa shape index (κ3) is 5.90. The molecule has 0 bridgehead atoms. The lowest BCUT2D eigenvalue weighted by Gasteiger charge is -2.30. The quantitative estimate of drug-likeness (QED) is 0.512. The van der Waals surface area contributed by atoms with Crippen molar-refractivity contribution >= 4 is 18.2 Å². The summed E-state index contributed by atoms with van der Waals surface area (Å²) in [6.45, 7) is 8.25. The molecule has 1 aromatic carbocycles. The molecule has 3 rings (SSSR count). The SMILES string of the molecule is CCOC(=O)Cc1cc2c(n1C(=O)OCc1ccccc1)CCN(C(=O)OC(C)(C)C)C2. The fourth-order valence-electron chi connectivity index (χ4n) is 3.58. The van der Waals surface area contributed by atoms with E-state index in [-0.39, 0.29) is 19.6 Å². The zero-order chi connectivity index (χ0) is 23.3. The van der Waals surface area contributed by atoms with Gasteiger partial charge in [-0.15, -0.1) is 0 Å². The van der Waals surface area contributed by atoms with Gasteiger partial charge in [-0.1, -0.05) is 30.3 Å². The highest BCUT2D eigenvalue weighted by Crippen LogP contribution is 2.26. The minimum absolute atomic E-state index is 0.0618. The summed E-state index contributed by atoms with van der Waals surface area (Å²) in [5.74, 6) is -0.427. The van der Waals surface area contributed by atoms with Gasteiger partial charge in [-0.2, -0.15) is 0 Å². The van der Waals surface area contributed by atoms with Crippen LogP contribution in [0.2, 0.25) is 0 Å². The van der Waals surface area contributed by atoms with Crippen molar-refractivity contribution in [1.82, 2.24) is 9.47 Å². The number of carbonyl (C=O) groups excluding carboxylic acids is 3. The van der Waals surface area contributed by atoms with Crippen LogP contribution in [0.1, 0.15) is 50.2 Å². The van der Waals surface area contributed by atoms with E-state index in [9.17, 15) is 14.4 Å². The van der Waals surface area contributed by atoms with E-state index in [0.29, 0.717) is 25.2 Å². The molecule has 32 heavy (non-hydrogen) atoms. The molecule has 1 aromatic heterocycles. The summed E-state index contributed by atoms with van der Waals surface area (Å²) in [6.07, 6.45) is -0.583. The van der Waals surface area contributed by atoms with Crippen LogP contribution in [0.25, 0.3) is 0 Å². The Morgan fingerprint density at radius 1 is 1.03 bits per heavy atom. The van der Waals surface area contributed by atoms with Crippen molar-refractivity contribution in [3.8, 4) is 0 Å². The molecule has 1 amide bonds. The molecule has 8 heteroatoms. The Morgan fingerprint density at radius 3 is 2.41 bits per heavy atom. The van der Waals surface area contributed by atoms with E-state index in [4.69, 9.17) is 14.2 Å². The lowest BCUT2D eigenvalue weighted by atomic mass is 10.1. The molecule has 0 spiro atoms. The lowest BCUT2D eigenvalue weighted by Crippen LogP contribution is -2.40. The van der Waals surface area contributed by atoms with Gasteiger partial charge < -0.3 is 19.1 Å². The first-order valence-corrected chi connectivity index (χ1v) is 10.7. The van der Waals surface area contributed by atoms with Crippen LogP contribution < -0.4 is 0 Å². The van der Waals surface area contributed by atoms with Crippen molar-refractivity contribution in [2.45, 2.75) is 59.3 Å². The summed E-state index contributed by atoms with van der Waals surface area (Å²) >= 11 is 0. The van der Waals surface area contributed by atoms with E-state index in [0.717, 1.165) is 16.8 Å². The minimum Gasteiger partial charge on any atom is -0.466 e. The number of rotatable bonds is 5. The second-order valence-electron chi connectivity index (χ2n) is 8.62. The third-order valence-electron chi connectivity index (χ3n) is 4.92. The van der Waals surface area contributed by atoms with Gasteiger partial charge in [-0.05, 0) is 44.9 Å². The van der Waals surface area contributed by atoms with E-state index in [1.165, 1.54) is 4.57 Å². The predicted molar refractivity (Wildman–Crippen MR) is 117 cm³/mol. The molecule has 8 nitrogen and oxygen atoms in total. The summed E-state index contributed by atoms with van der Waals surface area (Å²) in [7, 11) is 0. The highest BCUT2D eigenvalue weighted by molar-refractivity contribution is 5.78. The number of hydrogen-bond donors (Lipinski definition) is 0. The zero-order valence-corrected chi connectivity index (χ0v) is 19.1. The van der Waals surface area contributed by atoms with Gasteiger partial charge >= 0.3 is 18.2 Å². The topological polar surface area (TPSA) is 87.1 Å². The number of amides is 1. The van der Waals surface area contributed by atoms with Gasteiger partial charge in [0.25, 0.3) is 0 Å². The Labute approximate surface area is 188 Å². The van der Waals surface area contributed by atoms with Crippen LogP contribution in [0.15, 0.2) is 36.4 Å². The van der Waals surface area contributed by atoms with Crippen LogP contribution in [-0.2, 0) is 45.0 Å². The second kappa shape index (κ2) is 9.89. The maximum Gasteiger partial charge on any atom is 0.418 e. The van der Waals surface area contributed by atoms with Gasteiger partial charge in [0.2, 0.25) is 0 Å². The molecule has 0 atom stereocenters. The first kappa shape index (κ1) is 23.4. The van der Waals surface area contributed by atoms with Crippen LogP contribution in [0.5, 0.6) is 0 Å². The Hall–Kier alpha value is -3.29. The first-order chi connectivity index (χ1) is 15.2. The smallest absolute Gasteiger partial charge is 0.418 e. The predicted octanol–water partition coefficient (Wildman–Crippen LogP) is 4.07. The summed E-state index contributed by atoms with van der Waals surface area (Å²) in [5, 5.41) is 0. The number of benzene rings is 1. The molecule has 0 saturated carbocycles. The highest BCUT2D eigenvalue weighted by Gasteiger charge is 2.31. The molecule has 2 heterocycles. The van der Waals surface area contributed by atoms with Gasteiger partial charge in [0.05, 0.1) is 19.6 Å². The molecular weight excluding hydrogens is 412 g/mol. The second-order valence-corrected chi connectivity index (χ2v) is 8.62. The Kier molecular flexibility index (Phi) is 7.22. The number of hydrogen-bond acceptors (Lipinski definition) is 6. The van der Waals surface area contributed by atoms with Gasteiger partial charge in [-0.3, -0.25) is 9.36 Å². The molecule has 0 radical (unpaired) electrons. The summed E-state index contributed by atoms with van der Waals surface area (Å²) < 4.78 is 17.5. The van der Waals surface area contributed by atoms with E-state index in [1.807, 2.05) is 51.1 Å². The first-order valence-electron chi connectivity index (χ1n) is 10.7. The summed E-state index contributed by atoms with van der Waals surface area (Å²) in [4.78, 5) is 39.2. The van der Waals surface area contributed by atoms with Crippen LogP contribution >= 0.6 is 0 Å². The molecular formula is C24H30N2O6. The molecule has 0 unspecified atom stereocenters. The van der Waals surface area contributed by atoms with Crippen molar-refractivity contribution in [2.75, 3.05) is 13.2 Å². The molecule has 1 aliphatic rings. The van der Waals surface area contributed by atoms with Crippen LogP contribution in [0.4, 0.5) is 9.59 Å². The summed E-state index contributed by atoms with van der Waals surface area (Å²) in [6, 6.07) is 11.2. The monoisotopic (exact) mass is 442 g/mol. The standard InChI is InChI=1S/C24H30N2O6/c1-5-30-21(27)14-19-13-18-15-25(22(28)32-24(2,3)4)12-11-20(18)26(19)23(29)31-16-17-9-7-6-8-10-17/h6-10,13H,5,11-12,14-16H2,1-4H3. The average Bonchev–Trinajstić information content (AvgIpc) is 3.08. The van der Waals surface area contributed by atoms with E-state index in [2.05, 4.69) is 0 Å². The van der Waals surface area contributed by atoms with Gasteiger partial charge in [0.15, 0.2) is 0 Å². The van der Waals surface area contributed by atoms with Gasteiger partial charge in [0.1, 0.15) is 12.2 Å². The third-order valence-corrected chi connectivity index (χ3v) is 4.92. The average molecular weight is 443 g/mol. The van der Waals surface area contributed by atoms with Gasteiger partial charge in [0, 0.05) is 24.4 Å². The molecule has 172 valence electrons. The van der Waals surface area contributed by atoms with E-state index in [1.54, 1.807) is 17.9 Å². The van der Waals surface area contributed by atoms with Gasteiger partial charge in [-0.25, -0.2) is 9.59 Å². The highest BCUT2D eigenvalue weighted by atomic mass is 16.6. The van der Waals surface area contributed by atoms with Crippen molar-refractivity contribution in [3.05, 3.63) is 58.9 Å². The number of esters is 1.